The zero-order valence-corrected chi connectivity index (χ0v) is 12.5. The second kappa shape index (κ2) is 6.92. The highest BCUT2D eigenvalue weighted by atomic mass is 31.2. The predicted molar refractivity (Wildman–Crippen MR) is 84.2 cm³/mol. The second-order valence-corrected chi connectivity index (χ2v) is 6.71. The Kier molecular flexibility index (Phi) is 4.98. The van der Waals surface area contributed by atoms with Gasteiger partial charge in [0.1, 0.15) is 0 Å². The molecule has 0 aliphatic carbocycles. The average molecular weight is 298 g/mol. The van der Waals surface area contributed by atoms with Crippen LogP contribution in [0.2, 0.25) is 0 Å². The van der Waals surface area contributed by atoms with Gasteiger partial charge in [-0.3, -0.25) is 4.57 Å². The third kappa shape index (κ3) is 3.62. The fraction of sp³-hybridized carbons (Fsp3) is 0.118. The van der Waals surface area contributed by atoms with Crippen molar-refractivity contribution < 1.29 is 14.1 Å². The van der Waals surface area contributed by atoms with Gasteiger partial charge < -0.3 is 4.74 Å². The maximum atomic E-state index is 13.3. The van der Waals surface area contributed by atoms with Crippen LogP contribution in [0.1, 0.15) is 6.92 Å². The van der Waals surface area contributed by atoms with Crippen molar-refractivity contribution in [2.75, 3.05) is 6.61 Å². The first-order valence-electron chi connectivity index (χ1n) is 6.58. The van der Waals surface area contributed by atoms with Crippen LogP contribution in [0, 0.1) is 11.6 Å². The standard InChI is InChI=1S/C17H15O3P/c1-2-20-17(18)13-14-21(19,15-9-5-3-6-10-15)16-11-7-4-8-12-16/h3-12H,2H2,1H3. The molecule has 3 nitrogen and oxygen atoms in total. The monoisotopic (exact) mass is 298 g/mol. The molecule has 106 valence electrons. The molecule has 0 N–H and O–H groups in total. The number of rotatable bonds is 3. The highest BCUT2D eigenvalue weighted by molar-refractivity contribution is 7.83. The van der Waals surface area contributed by atoms with Crippen molar-refractivity contribution in [3.63, 3.8) is 0 Å². The number of ether oxygens (including phenoxy) is 1. The number of esters is 1. The lowest BCUT2D eigenvalue weighted by Gasteiger charge is -2.12. The van der Waals surface area contributed by atoms with E-state index < -0.39 is 13.1 Å². The van der Waals surface area contributed by atoms with Gasteiger partial charge >= 0.3 is 5.97 Å². The van der Waals surface area contributed by atoms with Crippen LogP contribution in [-0.4, -0.2) is 12.6 Å². The molecule has 0 amide bonds. The van der Waals surface area contributed by atoms with Gasteiger partial charge in [0.05, 0.1) is 6.61 Å². The van der Waals surface area contributed by atoms with Crippen molar-refractivity contribution in [1.29, 1.82) is 0 Å². The van der Waals surface area contributed by atoms with Gasteiger partial charge in [0.25, 0.3) is 0 Å². The molecule has 0 aliphatic heterocycles. The van der Waals surface area contributed by atoms with Crippen LogP contribution in [-0.2, 0) is 14.1 Å². The normalized spacial score (nSPS) is 10.3. The van der Waals surface area contributed by atoms with Gasteiger partial charge in [-0.05, 0) is 12.6 Å². The molecule has 2 aromatic carbocycles. The summed E-state index contributed by atoms with van der Waals surface area (Å²) >= 11 is 0. The minimum Gasteiger partial charge on any atom is -0.456 e. The number of hydrogen-bond acceptors (Lipinski definition) is 3. The molecular weight excluding hydrogens is 283 g/mol. The summed E-state index contributed by atoms with van der Waals surface area (Å²) < 4.78 is 18.1. The van der Waals surface area contributed by atoms with Crippen molar-refractivity contribution in [1.82, 2.24) is 0 Å². The van der Waals surface area contributed by atoms with E-state index in [9.17, 15) is 9.36 Å². The molecule has 0 spiro atoms. The molecule has 0 atom stereocenters. The van der Waals surface area contributed by atoms with Crippen molar-refractivity contribution in [3.8, 4) is 11.6 Å². The summed E-state index contributed by atoms with van der Waals surface area (Å²) in [7, 11) is -3.16. The van der Waals surface area contributed by atoms with E-state index in [1.807, 2.05) is 12.1 Å². The fourth-order valence-corrected chi connectivity index (χ4v) is 3.83. The fourth-order valence-electron chi connectivity index (χ4n) is 1.85. The Labute approximate surface area is 124 Å². The van der Waals surface area contributed by atoms with E-state index in [0.717, 1.165) is 0 Å². The Morgan fingerprint density at radius 1 is 1.00 bits per heavy atom. The molecule has 4 heteroatoms. The van der Waals surface area contributed by atoms with Crippen molar-refractivity contribution in [3.05, 3.63) is 60.7 Å². The molecule has 0 aliphatic rings. The first-order valence-corrected chi connectivity index (χ1v) is 8.29. The molecule has 0 unspecified atom stereocenters. The van der Waals surface area contributed by atoms with Gasteiger partial charge in [-0.1, -0.05) is 60.7 Å². The zero-order chi connectivity index (χ0) is 15.1. The highest BCUT2D eigenvalue weighted by Gasteiger charge is 2.24. The number of carbonyl (C=O) groups excluding carboxylic acids is 1. The topological polar surface area (TPSA) is 43.4 Å². The smallest absolute Gasteiger partial charge is 0.384 e. The Morgan fingerprint density at radius 3 is 1.90 bits per heavy atom. The lowest BCUT2D eigenvalue weighted by molar-refractivity contribution is -0.136. The number of hydrogen-bond donors (Lipinski definition) is 0. The Hall–Kier alpha value is -2.30. The van der Waals surface area contributed by atoms with E-state index in [1.165, 1.54) is 0 Å². The Balaban J connectivity index is 2.51. The van der Waals surface area contributed by atoms with Crippen LogP contribution in [0.3, 0.4) is 0 Å². The minimum atomic E-state index is -3.16. The van der Waals surface area contributed by atoms with Crippen LogP contribution in [0.15, 0.2) is 60.7 Å². The summed E-state index contributed by atoms with van der Waals surface area (Å²) in [5.41, 5.74) is 2.64. The molecular formula is C17H15O3P. The van der Waals surface area contributed by atoms with E-state index >= 15 is 0 Å². The molecule has 21 heavy (non-hydrogen) atoms. The van der Waals surface area contributed by atoms with Gasteiger partial charge in [-0.15, -0.1) is 0 Å². The predicted octanol–water partition coefficient (Wildman–Crippen LogP) is 2.52. The van der Waals surface area contributed by atoms with E-state index in [0.29, 0.717) is 10.6 Å². The molecule has 0 heterocycles. The zero-order valence-electron chi connectivity index (χ0n) is 11.7. The van der Waals surface area contributed by atoms with Crippen molar-refractivity contribution in [2.45, 2.75) is 6.92 Å². The SMILES string of the molecule is CCOC(=O)C#CP(=O)(c1ccccc1)c1ccccc1. The lowest BCUT2D eigenvalue weighted by Crippen LogP contribution is -2.14. The van der Waals surface area contributed by atoms with Crippen LogP contribution in [0.4, 0.5) is 0 Å². The molecule has 0 saturated heterocycles. The van der Waals surface area contributed by atoms with Gasteiger partial charge in [-0.25, -0.2) is 4.79 Å². The average Bonchev–Trinajstić information content (AvgIpc) is 2.54. The molecule has 0 aromatic heterocycles. The van der Waals surface area contributed by atoms with E-state index in [1.54, 1.807) is 55.5 Å². The molecule has 0 radical (unpaired) electrons. The van der Waals surface area contributed by atoms with Crippen LogP contribution in [0.5, 0.6) is 0 Å². The van der Waals surface area contributed by atoms with E-state index in [4.69, 9.17) is 4.74 Å². The second-order valence-electron chi connectivity index (χ2n) is 4.24. The maximum absolute atomic E-state index is 13.3. The number of benzene rings is 2. The lowest BCUT2D eigenvalue weighted by atomic mass is 10.4. The van der Waals surface area contributed by atoms with Gasteiger partial charge in [0.2, 0.25) is 7.14 Å². The van der Waals surface area contributed by atoms with E-state index in [-0.39, 0.29) is 6.61 Å². The quantitative estimate of drug-likeness (QED) is 0.497. The summed E-state index contributed by atoms with van der Waals surface area (Å²) in [6.07, 6.45) is 0. The molecule has 0 saturated carbocycles. The summed E-state index contributed by atoms with van der Waals surface area (Å²) in [5.74, 6) is 1.68. The Bertz CT molecular complexity index is 668. The minimum absolute atomic E-state index is 0.245. The summed E-state index contributed by atoms with van der Waals surface area (Å²) in [6.45, 7) is 1.95. The molecule has 2 aromatic rings. The van der Waals surface area contributed by atoms with Crippen molar-refractivity contribution in [2.24, 2.45) is 0 Å². The van der Waals surface area contributed by atoms with Crippen LogP contribution in [0.25, 0.3) is 0 Å². The van der Waals surface area contributed by atoms with Crippen LogP contribution < -0.4 is 10.6 Å². The Morgan fingerprint density at radius 2 is 1.48 bits per heavy atom. The first-order chi connectivity index (χ1) is 10.2. The summed E-state index contributed by atoms with van der Waals surface area (Å²) in [5, 5.41) is 1.21. The largest absolute Gasteiger partial charge is 0.456 e. The van der Waals surface area contributed by atoms with Gasteiger partial charge in [0.15, 0.2) is 0 Å². The first kappa shape index (κ1) is 15.1. The highest BCUT2D eigenvalue weighted by Crippen LogP contribution is 2.41. The summed E-state index contributed by atoms with van der Waals surface area (Å²) in [6, 6.07) is 17.9. The van der Waals surface area contributed by atoms with E-state index in [2.05, 4.69) is 11.6 Å². The molecule has 2 rings (SSSR count). The van der Waals surface area contributed by atoms with Gasteiger partial charge in [-0.2, -0.15) is 0 Å². The third-order valence-corrected chi connectivity index (χ3v) is 5.31. The van der Waals surface area contributed by atoms with Gasteiger partial charge in [0, 0.05) is 16.5 Å². The molecule has 0 fully saturated rings. The summed E-state index contributed by atoms with van der Waals surface area (Å²) in [4.78, 5) is 11.4. The van der Waals surface area contributed by atoms with Crippen molar-refractivity contribution >= 4 is 23.7 Å². The maximum Gasteiger partial charge on any atom is 0.384 e. The third-order valence-electron chi connectivity index (χ3n) is 2.83. The van der Waals surface area contributed by atoms with Crippen LogP contribution >= 0.6 is 7.14 Å². The number of carbonyl (C=O) groups is 1. The molecule has 0 bridgehead atoms.